The van der Waals surface area contributed by atoms with Crippen LogP contribution in [0.5, 0.6) is 0 Å². The van der Waals surface area contributed by atoms with Crippen LogP contribution in [0.25, 0.3) is 0 Å². The first-order valence-electron chi connectivity index (χ1n) is 11.6. The number of hydrogen-bond donors (Lipinski definition) is 1. The lowest BCUT2D eigenvalue weighted by Crippen LogP contribution is -2.41. The first-order chi connectivity index (χ1) is 14.5. The SMILES string of the molecule is CC(C)Cc1ccc(C(C)C(=O)N[C@@H]2CC[C@H]3CN(Cc4ccccc4)C[C@H]32)cc1. The van der Waals surface area contributed by atoms with Gasteiger partial charge in [-0.15, -0.1) is 0 Å². The predicted molar refractivity (Wildman–Crippen MR) is 123 cm³/mol. The van der Waals surface area contributed by atoms with Crippen LogP contribution < -0.4 is 5.32 Å². The van der Waals surface area contributed by atoms with E-state index in [9.17, 15) is 4.79 Å². The summed E-state index contributed by atoms with van der Waals surface area (Å²) in [7, 11) is 0. The van der Waals surface area contributed by atoms with Crippen molar-refractivity contribution in [3.8, 4) is 0 Å². The minimum absolute atomic E-state index is 0.0982. The summed E-state index contributed by atoms with van der Waals surface area (Å²) in [5.74, 6) is 2.06. The highest BCUT2D eigenvalue weighted by Crippen LogP contribution is 2.39. The zero-order chi connectivity index (χ0) is 21.1. The highest BCUT2D eigenvalue weighted by molar-refractivity contribution is 5.83. The Kier molecular flexibility index (Phi) is 6.58. The highest BCUT2D eigenvalue weighted by atomic mass is 16.1. The van der Waals surface area contributed by atoms with Crippen molar-refractivity contribution in [2.75, 3.05) is 13.1 Å². The number of hydrogen-bond acceptors (Lipinski definition) is 2. The van der Waals surface area contributed by atoms with E-state index in [1.54, 1.807) is 0 Å². The van der Waals surface area contributed by atoms with E-state index in [0.29, 0.717) is 17.9 Å². The lowest BCUT2D eigenvalue weighted by molar-refractivity contribution is -0.123. The van der Waals surface area contributed by atoms with Gasteiger partial charge in [-0.05, 0) is 60.6 Å². The molecule has 4 rings (SSSR count). The number of amides is 1. The molecule has 3 heteroatoms. The molecule has 2 aromatic carbocycles. The van der Waals surface area contributed by atoms with E-state index in [4.69, 9.17) is 0 Å². The lowest BCUT2D eigenvalue weighted by Gasteiger charge is -2.23. The Balaban J connectivity index is 1.32. The van der Waals surface area contributed by atoms with E-state index in [-0.39, 0.29) is 11.8 Å². The third kappa shape index (κ3) is 4.95. The van der Waals surface area contributed by atoms with Crippen molar-refractivity contribution >= 4 is 5.91 Å². The zero-order valence-electron chi connectivity index (χ0n) is 18.7. The fourth-order valence-electron chi connectivity index (χ4n) is 5.38. The van der Waals surface area contributed by atoms with Gasteiger partial charge in [0.1, 0.15) is 0 Å². The normalized spacial score (nSPS) is 24.7. The Morgan fingerprint density at radius 1 is 0.967 bits per heavy atom. The molecule has 1 unspecified atom stereocenters. The summed E-state index contributed by atoms with van der Waals surface area (Å²) in [6.07, 6.45) is 3.45. The number of likely N-dealkylation sites (tertiary alicyclic amines) is 1. The van der Waals surface area contributed by atoms with Gasteiger partial charge in [-0.3, -0.25) is 9.69 Å². The Hall–Kier alpha value is -2.13. The van der Waals surface area contributed by atoms with Crippen LogP contribution in [0, 0.1) is 17.8 Å². The number of benzene rings is 2. The van der Waals surface area contributed by atoms with Gasteiger partial charge < -0.3 is 5.32 Å². The first kappa shape index (κ1) is 21.1. The van der Waals surface area contributed by atoms with Crippen LogP contribution >= 0.6 is 0 Å². The van der Waals surface area contributed by atoms with E-state index in [1.165, 1.54) is 24.1 Å². The number of rotatable bonds is 7. The highest BCUT2D eigenvalue weighted by Gasteiger charge is 2.43. The van der Waals surface area contributed by atoms with Crippen molar-refractivity contribution in [3.05, 3.63) is 71.3 Å². The molecule has 1 saturated carbocycles. The second kappa shape index (κ2) is 9.34. The fourth-order valence-corrected chi connectivity index (χ4v) is 5.38. The van der Waals surface area contributed by atoms with Crippen molar-refractivity contribution in [2.45, 2.75) is 58.5 Å². The van der Waals surface area contributed by atoms with Crippen molar-refractivity contribution in [1.82, 2.24) is 10.2 Å². The number of carbonyl (C=O) groups excluding carboxylic acids is 1. The smallest absolute Gasteiger partial charge is 0.227 e. The van der Waals surface area contributed by atoms with E-state index in [0.717, 1.165) is 37.4 Å². The molecular weight excluding hydrogens is 368 g/mol. The average molecular weight is 405 g/mol. The van der Waals surface area contributed by atoms with Gasteiger partial charge in [0, 0.05) is 25.7 Å². The van der Waals surface area contributed by atoms with Crippen LogP contribution in [0.2, 0.25) is 0 Å². The monoisotopic (exact) mass is 404 g/mol. The Morgan fingerprint density at radius 3 is 2.40 bits per heavy atom. The molecule has 1 amide bonds. The Labute approximate surface area is 181 Å². The van der Waals surface area contributed by atoms with Gasteiger partial charge in [-0.25, -0.2) is 0 Å². The molecule has 3 nitrogen and oxygen atoms in total. The Bertz CT molecular complexity index is 830. The fraction of sp³-hybridized carbons (Fsp3) is 0.519. The Morgan fingerprint density at radius 2 is 1.70 bits per heavy atom. The van der Waals surface area contributed by atoms with E-state index < -0.39 is 0 Å². The van der Waals surface area contributed by atoms with Crippen LogP contribution in [0.1, 0.15) is 56.2 Å². The summed E-state index contributed by atoms with van der Waals surface area (Å²) in [4.78, 5) is 15.6. The minimum Gasteiger partial charge on any atom is -0.353 e. The molecule has 1 saturated heterocycles. The van der Waals surface area contributed by atoms with Gasteiger partial charge in [0.15, 0.2) is 0 Å². The first-order valence-corrected chi connectivity index (χ1v) is 11.6. The zero-order valence-corrected chi connectivity index (χ0v) is 18.7. The maximum atomic E-state index is 13.0. The minimum atomic E-state index is -0.0982. The van der Waals surface area contributed by atoms with E-state index >= 15 is 0 Å². The summed E-state index contributed by atoms with van der Waals surface area (Å²) >= 11 is 0. The standard InChI is InChI=1S/C27H36N2O/c1-19(2)15-21-9-11-23(12-10-21)20(3)27(30)28-26-14-13-24-17-29(18-25(24)26)16-22-7-5-4-6-8-22/h4-12,19-20,24-26H,13-18H2,1-3H3,(H,28,30)/t20?,24-,25+,26+/m0/s1. The molecule has 0 aromatic heterocycles. The molecule has 1 aliphatic carbocycles. The molecule has 1 N–H and O–H groups in total. The van der Waals surface area contributed by atoms with E-state index in [1.807, 2.05) is 6.92 Å². The molecule has 2 aromatic rings. The van der Waals surface area contributed by atoms with Crippen molar-refractivity contribution in [3.63, 3.8) is 0 Å². The van der Waals surface area contributed by atoms with Crippen molar-refractivity contribution < 1.29 is 4.79 Å². The maximum Gasteiger partial charge on any atom is 0.227 e. The van der Waals surface area contributed by atoms with Gasteiger partial charge in [-0.1, -0.05) is 68.4 Å². The van der Waals surface area contributed by atoms with Gasteiger partial charge in [0.2, 0.25) is 5.91 Å². The van der Waals surface area contributed by atoms with Crippen LogP contribution in [0.15, 0.2) is 54.6 Å². The molecular formula is C27H36N2O. The number of fused-ring (bicyclic) bond motifs is 1. The molecule has 160 valence electrons. The molecule has 1 heterocycles. The third-order valence-electron chi connectivity index (χ3n) is 7.03. The molecule has 0 bridgehead atoms. The van der Waals surface area contributed by atoms with Gasteiger partial charge in [0.05, 0.1) is 5.92 Å². The summed E-state index contributed by atoms with van der Waals surface area (Å²) in [5, 5.41) is 3.41. The molecule has 0 radical (unpaired) electrons. The summed E-state index contributed by atoms with van der Waals surface area (Å²) in [6, 6.07) is 19.7. The van der Waals surface area contributed by atoms with Crippen LogP contribution in [-0.2, 0) is 17.8 Å². The molecule has 4 atom stereocenters. The second-order valence-electron chi connectivity index (χ2n) is 9.86. The largest absolute Gasteiger partial charge is 0.353 e. The average Bonchev–Trinajstić information content (AvgIpc) is 3.29. The van der Waals surface area contributed by atoms with Gasteiger partial charge in [0.25, 0.3) is 0 Å². The van der Waals surface area contributed by atoms with Gasteiger partial charge in [-0.2, -0.15) is 0 Å². The van der Waals surface area contributed by atoms with Crippen LogP contribution in [0.4, 0.5) is 0 Å². The van der Waals surface area contributed by atoms with Crippen LogP contribution in [-0.4, -0.2) is 29.9 Å². The third-order valence-corrected chi connectivity index (χ3v) is 7.03. The van der Waals surface area contributed by atoms with E-state index in [2.05, 4.69) is 78.7 Å². The quantitative estimate of drug-likeness (QED) is 0.703. The summed E-state index contributed by atoms with van der Waals surface area (Å²) < 4.78 is 0. The number of nitrogens with one attached hydrogen (secondary N) is 1. The van der Waals surface area contributed by atoms with Crippen molar-refractivity contribution in [1.29, 1.82) is 0 Å². The molecule has 2 aliphatic rings. The van der Waals surface area contributed by atoms with Crippen LogP contribution in [0.3, 0.4) is 0 Å². The van der Waals surface area contributed by atoms with Crippen molar-refractivity contribution in [2.24, 2.45) is 17.8 Å². The molecule has 1 aliphatic heterocycles. The van der Waals surface area contributed by atoms with Gasteiger partial charge >= 0.3 is 0 Å². The second-order valence-corrected chi connectivity index (χ2v) is 9.86. The summed E-state index contributed by atoms with van der Waals surface area (Å²) in [6.45, 7) is 9.80. The topological polar surface area (TPSA) is 32.3 Å². The predicted octanol–water partition coefficient (Wildman–Crippen LogP) is 5.02. The number of nitrogens with zero attached hydrogens (tertiary/aromatic N) is 1. The molecule has 0 spiro atoms. The summed E-state index contributed by atoms with van der Waals surface area (Å²) in [5.41, 5.74) is 3.85. The lowest BCUT2D eigenvalue weighted by atomic mass is 9.94. The number of carbonyl (C=O) groups is 1. The molecule has 2 fully saturated rings. The maximum absolute atomic E-state index is 13.0. The molecule has 30 heavy (non-hydrogen) atoms.